The average Bonchev–Trinajstić information content (AvgIpc) is 2.66. The quantitative estimate of drug-likeness (QED) is 0.603. The molecule has 0 aliphatic carbocycles. The van der Waals surface area contributed by atoms with Crippen LogP contribution >= 0.6 is 11.6 Å². The van der Waals surface area contributed by atoms with E-state index >= 15 is 0 Å². The topological polar surface area (TPSA) is 76.1 Å². The molecule has 2 aromatic carbocycles. The summed E-state index contributed by atoms with van der Waals surface area (Å²) in [5, 5.41) is 6.52. The van der Waals surface area contributed by atoms with Crippen molar-refractivity contribution in [3.05, 3.63) is 70.5 Å². The van der Waals surface area contributed by atoms with Crippen molar-refractivity contribution in [1.82, 2.24) is 9.97 Å². The Kier molecular flexibility index (Phi) is 6.11. The van der Waals surface area contributed by atoms with Gasteiger partial charge in [-0.05, 0) is 68.8 Å². The Bertz CT molecular complexity index is 990. The lowest BCUT2D eigenvalue weighted by Crippen LogP contribution is -2.16. The van der Waals surface area contributed by atoms with E-state index in [0.717, 1.165) is 17.0 Å². The molecule has 6 nitrogen and oxygen atoms in total. The van der Waals surface area contributed by atoms with Crippen LogP contribution in [0.15, 0.2) is 48.5 Å². The van der Waals surface area contributed by atoms with Gasteiger partial charge < -0.3 is 15.4 Å². The first kappa shape index (κ1) is 19.6. The van der Waals surface area contributed by atoms with Crippen molar-refractivity contribution >= 4 is 34.8 Å². The van der Waals surface area contributed by atoms with Gasteiger partial charge in [-0.25, -0.2) is 9.97 Å². The lowest BCUT2D eigenvalue weighted by molar-refractivity contribution is 0.102. The van der Waals surface area contributed by atoms with Crippen LogP contribution in [-0.2, 0) is 0 Å². The van der Waals surface area contributed by atoms with Crippen LogP contribution in [0.3, 0.4) is 0 Å². The first-order chi connectivity index (χ1) is 13.4. The SMILES string of the molecule is CCOc1ccc(Nc2nc(C)cc(C(=O)Nc3cc(Cl)ccc3C)n2)cc1. The molecule has 0 unspecified atom stereocenters. The van der Waals surface area contributed by atoms with Gasteiger partial charge in [-0.2, -0.15) is 0 Å². The number of amides is 1. The molecule has 7 heteroatoms. The number of carbonyl (C=O) groups is 1. The third kappa shape index (κ3) is 4.98. The van der Waals surface area contributed by atoms with Crippen LogP contribution in [0.1, 0.15) is 28.7 Å². The van der Waals surface area contributed by atoms with Gasteiger partial charge in [-0.3, -0.25) is 4.79 Å². The molecule has 1 amide bonds. The van der Waals surface area contributed by atoms with Gasteiger partial charge in [0, 0.05) is 22.1 Å². The maximum Gasteiger partial charge on any atom is 0.274 e. The van der Waals surface area contributed by atoms with Crippen LogP contribution < -0.4 is 15.4 Å². The Balaban J connectivity index is 1.78. The lowest BCUT2D eigenvalue weighted by atomic mass is 10.2. The first-order valence-corrected chi connectivity index (χ1v) is 9.25. The summed E-state index contributed by atoms with van der Waals surface area (Å²) in [5.41, 5.74) is 3.30. The minimum absolute atomic E-state index is 0.264. The van der Waals surface area contributed by atoms with E-state index in [4.69, 9.17) is 16.3 Å². The third-order valence-electron chi connectivity index (χ3n) is 3.96. The summed E-state index contributed by atoms with van der Waals surface area (Å²) in [6.45, 7) is 6.26. The monoisotopic (exact) mass is 396 g/mol. The third-order valence-corrected chi connectivity index (χ3v) is 4.19. The van der Waals surface area contributed by atoms with Gasteiger partial charge in [0.25, 0.3) is 5.91 Å². The maximum atomic E-state index is 12.7. The number of carbonyl (C=O) groups excluding carboxylic acids is 1. The van der Waals surface area contributed by atoms with Crippen molar-refractivity contribution in [1.29, 1.82) is 0 Å². The van der Waals surface area contributed by atoms with Crippen molar-refractivity contribution in [2.45, 2.75) is 20.8 Å². The van der Waals surface area contributed by atoms with Crippen molar-refractivity contribution in [3.63, 3.8) is 0 Å². The van der Waals surface area contributed by atoms with E-state index in [-0.39, 0.29) is 11.6 Å². The summed E-state index contributed by atoms with van der Waals surface area (Å²) in [5.74, 6) is 0.804. The van der Waals surface area contributed by atoms with Gasteiger partial charge in [0.2, 0.25) is 5.95 Å². The van der Waals surface area contributed by atoms with Crippen molar-refractivity contribution in [3.8, 4) is 5.75 Å². The summed E-state index contributed by atoms with van der Waals surface area (Å²) in [7, 11) is 0. The maximum absolute atomic E-state index is 12.7. The van der Waals surface area contributed by atoms with Crippen LogP contribution in [0.25, 0.3) is 0 Å². The summed E-state index contributed by atoms with van der Waals surface area (Å²) >= 11 is 6.02. The number of nitrogens with one attached hydrogen (secondary N) is 2. The molecule has 2 N–H and O–H groups in total. The molecule has 0 aliphatic rings. The zero-order chi connectivity index (χ0) is 20.1. The van der Waals surface area contributed by atoms with Gasteiger partial charge in [-0.15, -0.1) is 0 Å². The van der Waals surface area contributed by atoms with E-state index in [1.165, 1.54) is 0 Å². The predicted octanol–water partition coefficient (Wildman–Crippen LogP) is 5.14. The lowest BCUT2D eigenvalue weighted by Gasteiger charge is -2.11. The van der Waals surface area contributed by atoms with E-state index in [0.29, 0.717) is 29.0 Å². The fourth-order valence-corrected chi connectivity index (χ4v) is 2.76. The van der Waals surface area contributed by atoms with Crippen LogP contribution in [0.5, 0.6) is 5.75 Å². The molecule has 1 heterocycles. The van der Waals surface area contributed by atoms with Gasteiger partial charge in [0.1, 0.15) is 11.4 Å². The van der Waals surface area contributed by atoms with Gasteiger partial charge >= 0.3 is 0 Å². The van der Waals surface area contributed by atoms with E-state index in [2.05, 4.69) is 20.6 Å². The van der Waals surface area contributed by atoms with Gasteiger partial charge in [0.05, 0.1) is 6.61 Å². The highest BCUT2D eigenvalue weighted by atomic mass is 35.5. The second kappa shape index (κ2) is 8.71. The molecule has 3 rings (SSSR count). The molecular weight excluding hydrogens is 376 g/mol. The molecule has 0 radical (unpaired) electrons. The minimum Gasteiger partial charge on any atom is -0.494 e. The summed E-state index contributed by atoms with van der Waals surface area (Å²) in [6.07, 6.45) is 0. The molecule has 0 bridgehead atoms. The van der Waals surface area contributed by atoms with Crippen molar-refractivity contribution in [2.75, 3.05) is 17.2 Å². The molecule has 0 saturated carbocycles. The molecule has 28 heavy (non-hydrogen) atoms. The van der Waals surface area contributed by atoms with E-state index in [1.807, 2.05) is 51.1 Å². The number of halogens is 1. The standard InChI is InChI=1S/C21H21ClN4O2/c1-4-28-17-9-7-16(8-10-17)24-21-23-14(3)11-19(26-21)20(27)25-18-12-15(22)6-5-13(18)2/h5-12H,4H2,1-3H3,(H,25,27)(H,23,24,26). The number of ether oxygens (including phenoxy) is 1. The van der Waals surface area contributed by atoms with E-state index in [9.17, 15) is 4.79 Å². The zero-order valence-corrected chi connectivity index (χ0v) is 16.7. The van der Waals surface area contributed by atoms with E-state index < -0.39 is 0 Å². The number of aryl methyl sites for hydroxylation is 2. The molecule has 3 aromatic rings. The summed E-state index contributed by atoms with van der Waals surface area (Å²) < 4.78 is 5.43. The summed E-state index contributed by atoms with van der Waals surface area (Å²) in [6, 6.07) is 14.4. The molecule has 0 fully saturated rings. The second-order valence-corrected chi connectivity index (χ2v) is 6.65. The Hall–Kier alpha value is -3.12. The normalized spacial score (nSPS) is 10.4. The number of aromatic nitrogens is 2. The molecule has 0 spiro atoms. The van der Waals surface area contributed by atoms with Gasteiger partial charge in [-0.1, -0.05) is 17.7 Å². The number of benzene rings is 2. The van der Waals surface area contributed by atoms with Crippen LogP contribution in [0.2, 0.25) is 5.02 Å². The number of hydrogen-bond donors (Lipinski definition) is 2. The Morgan fingerprint density at radius 1 is 1.07 bits per heavy atom. The number of anilines is 3. The van der Waals surface area contributed by atoms with Crippen LogP contribution in [0, 0.1) is 13.8 Å². The molecule has 0 atom stereocenters. The zero-order valence-electron chi connectivity index (χ0n) is 15.9. The Morgan fingerprint density at radius 3 is 2.54 bits per heavy atom. The first-order valence-electron chi connectivity index (χ1n) is 8.87. The number of hydrogen-bond acceptors (Lipinski definition) is 5. The molecule has 0 aliphatic heterocycles. The second-order valence-electron chi connectivity index (χ2n) is 6.21. The minimum atomic E-state index is -0.328. The Morgan fingerprint density at radius 2 is 1.82 bits per heavy atom. The van der Waals surface area contributed by atoms with Crippen molar-refractivity contribution < 1.29 is 9.53 Å². The Labute approximate surface area is 168 Å². The predicted molar refractivity (Wildman–Crippen MR) is 112 cm³/mol. The highest BCUT2D eigenvalue weighted by Gasteiger charge is 2.13. The highest BCUT2D eigenvalue weighted by molar-refractivity contribution is 6.31. The number of nitrogens with zero attached hydrogens (tertiary/aromatic N) is 2. The average molecular weight is 397 g/mol. The fourth-order valence-electron chi connectivity index (χ4n) is 2.59. The van der Waals surface area contributed by atoms with Crippen LogP contribution in [-0.4, -0.2) is 22.5 Å². The molecule has 0 saturated heterocycles. The largest absolute Gasteiger partial charge is 0.494 e. The molecule has 1 aromatic heterocycles. The van der Waals surface area contributed by atoms with Crippen LogP contribution in [0.4, 0.5) is 17.3 Å². The number of rotatable bonds is 6. The van der Waals surface area contributed by atoms with E-state index in [1.54, 1.807) is 18.2 Å². The fraction of sp³-hybridized carbons (Fsp3) is 0.190. The molecular formula is C21H21ClN4O2. The van der Waals surface area contributed by atoms with Gasteiger partial charge in [0.15, 0.2) is 0 Å². The van der Waals surface area contributed by atoms with Crippen molar-refractivity contribution in [2.24, 2.45) is 0 Å². The highest BCUT2D eigenvalue weighted by Crippen LogP contribution is 2.22. The smallest absolute Gasteiger partial charge is 0.274 e. The summed E-state index contributed by atoms with van der Waals surface area (Å²) in [4.78, 5) is 21.4. The molecule has 144 valence electrons.